The smallest absolute Gasteiger partial charge is 0.00206 e. The maximum atomic E-state index is 4.19. The highest BCUT2D eigenvalue weighted by molar-refractivity contribution is 6.01. The third-order valence-corrected chi connectivity index (χ3v) is 9.32. The average Bonchev–Trinajstić information content (AvgIpc) is 3.17. The predicted molar refractivity (Wildman–Crippen MR) is 209 cm³/mol. The molecule has 0 atom stereocenters. The Labute approximate surface area is 285 Å². The Morgan fingerprint density at radius 2 is 0.979 bits per heavy atom. The van der Waals surface area contributed by atoms with Gasteiger partial charge in [-0.05, 0) is 104 Å². The van der Waals surface area contributed by atoms with Crippen LogP contribution in [-0.4, -0.2) is 0 Å². The SMILES string of the molecule is C=C/C=C(\C=C)c1c(C2=CCCC=C2)cccc1-c1ccc(-c2c(C3=CCCC=C3)ccc(-c3ccccc3)c2-c2ccccc2)cc1. The zero-order valence-electron chi connectivity index (χ0n) is 27.4. The molecule has 0 unspecified atom stereocenters. The van der Waals surface area contributed by atoms with Gasteiger partial charge in [-0.25, -0.2) is 0 Å². The summed E-state index contributed by atoms with van der Waals surface area (Å²) in [6.45, 7) is 8.20. The molecule has 0 bridgehead atoms. The Kier molecular flexibility index (Phi) is 9.25. The number of hydrogen-bond donors (Lipinski definition) is 0. The molecular formula is C48H40. The van der Waals surface area contributed by atoms with Crippen LogP contribution < -0.4 is 0 Å². The van der Waals surface area contributed by atoms with Gasteiger partial charge in [-0.3, -0.25) is 0 Å². The zero-order chi connectivity index (χ0) is 32.7. The first-order valence-corrected chi connectivity index (χ1v) is 17.0. The lowest BCUT2D eigenvalue weighted by Gasteiger charge is -2.22. The van der Waals surface area contributed by atoms with Gasteiger partial charge in [-0.2, -0.15) is 0 Å². The number of rotatable bonds is 9. The summed E-state index contributed by atoms with van der Waals surface area (Å²) in [6, 6.07) is 42.1. The van der Waals surface area contributed by atoms with E-state index in [0.717, 1.165) is 31.3 Å². The van der Waals surface area contributed by atoms with E-state index < -0.39 is 0 Å². The molecule has 0 saturated heterocycles. The molecule has 0 N–H and O–H groups in total. The minimum Gasteiger partial charge on any atom is -0.0990 e. The van der Waals surface area contributed by atoms with Crippen molar-refractivity contribution in [2.24, 2.45) is 0 Å². The minimum absolute atomic E-state index is 1.05. The van der Waals surface area contributed by atoms with Crippen LogP contribution in [0.1, 0.15) is 42.4 Å². The second-order valence-corrected chi connectivity index (χ2v) is 12.3. The summed E-state index contributed by atoms with van der Waals surface area (Å²) in [7, 11) is 0. The Morgan fingerprint density at radius 1 is 0.458 bits per heavy atom. The first kappa shape index (κ1) is 30.9. The van der Waals surface area contributed by atoms with Crippen LogP contribution in [-0.2, 0) is 0 Å². The molecule has 0 saturated carbocycles. The fraction of sp³-hybridized carbons (Fsp3) is 0.0833. The van der Waals surface area contributed by atoms with Crippen LogP contribution >= 0.6 is 0 Å². The predicted octanol–water partition coefficient (Wildman–Crippen LogP) is 13.6. The van der Waals surface area contributed by atoms with Crippen molar-refractivity contribution in [3.63, 3.8) is 0 Å². The van der Waals surface area contributed by atoms with Gasteiger partial charge in [-0.15, -0.1) is 0 Å². The monoisotopic (exact) mass is 616 g/mol. The van der Waals surface area contributed by atoms with Crippen LogP contribution in [0, 0.1) is 0 Å². The Hall–Kier alpha value is -5.72. The van der Waals surface area contributed by atoms with Crippen LogP contribution in [0.4, 0.5) is 0 Å². The Bertz CT molecular complexity index is 2110. The molecule has 0 radical (unpaired) electrons. The average molecular weight is 617 g/mol. The number of allylic oxidation sites excluding steroid dienone is 12. The molecule has 0 spiro atoms. The third-order valence-electron chi connectivity index (χ3n) is 9.32. The largest absolute Gasteiger partial charge is 0.0990 e. The van der Waals surface area contributed by atoms with Crippen molar-refractivity contribution in [1.29, 1.82) is 0 Å². The molecule has 0 nitrogen and oxygen atoms in total. The highest BCUT2D eigenvalue weighted by atomic mass is 14.2. The van der Waals surface area contributed by atoms with Gasteiger partial charge < -0.3 is 0 Å². The lowest BCUT2D eigenvalue weighted by molar-refractivity contribution is 1.04. The third kappa shape index (κ3) is 6.18. The summed E-state index contributed by atoms with van der Waals surface area (Å²) < 4.78 is 0. The number of benzene rings is 5. The first-order chi connectivity index (χ1) is 23.8. The van der Waals surface area contributed by atoms with Gasteiger partial charge in [-0.1, -0.05) is 183 Å². The Morgan fingerprint density at radius 3 is 1.58 bits per heavy atom. The maximum Gasteiger partial charge on any atom is -0.00206 e. The molecule has 232 valence electrons. The second kappa shape index (κ2) is 14.4. The van der Waals surface area contributed by atoms with Gasteiger partial charge >= 0.3 is 0 Å². The summed E-state index contributed by atoms with van der Waals surface area (Å²) in [5.41, 5.74) is 17.0. The summed E-state index contributed by atoms with van der Waals surface area (Å²) >= 11 is 0. The van der Waals surface area contributed by atoms with E-state index in [1.165, 1.54) is 72.3 Å². The fourth-order valence-corrected chi connectivity index (χ4v) is 7.07. The van der Waals surface area contributed by atoms with Crippen molar-refractivity contribution in [2.75, 3.05) is 0 Å². The molecular weight excluding hydrogens is 577 g/mol. The fourth-order valence-electron chi connectivity index (χ4n) is 7.07. The molecule has 7 rings (SSSR count). The topological polar surface area (TPSA) is 0 Å². The Balaban J connectivity index is 1.45. The lowest BCUT2D eigenvalue weighted by Crippen LogP contribution is -1.98. The lowest BCUT2D eigenvalue weighted by atomic mass is 9.81. The van der Waals surface area contributed by atoms with Crippen LogP contribution in [0.2, 0.25) is 0 Å². The highest BCUT2D eigenvalue weighted by Crippen LogP contribution is 2.46. The van der Waals surface area contributed by atoms with Gasteiger partial charge in [0.25, 0.3) is 0 Å². The summed E-state index contributed by atoms with van der Waals surface area (Å²) in [5, 5.41) is 0. The molecule has 5 aromatic carbocycles. The van der Waals surface area contributed by atoms with Crippen molar-refractivity contribution in [3.8, 4) is 44.5 Å². The van der Waals surface area contributed by atoms with Crippen LogP contribution in [0.15, 0.2) is 183 Å². The molecule has 2 aliphatic rings. The van der Waals surface area contributed by atoms with E-state index in [0.29, 0.717) is 0 Å². The summed E-state index contributed by atoms with van der Waals surface area (Å²) in [4.78, 5) is 0. The molecule has 0 heteroatoms. The molecule has 0 heterocycles. The summed E-state index contributed by atoms with van der Waals surface area (Å²) in [5.74, 6) is 0. The van der Waals surface area contributed by atoms with Gasteiger partial charge in [0, 0.05) is 0 Å². The van der Waals surface area contributed by atoms with Crippen molar-refractivity contribution >= 4 is 16.7 Å². The van der Waals surface area contributed by atoms with E-state index in [1.807, 2.05) is 12.2 Å². The summed E-state index contributed by atoms with van der Waals surface area (Å²) in [6.07, 6.45) is 24.0. The molecule has 0 aromatic heterocycles. The maximum absolute atomic E-state index is 4.19. The normalized spacial score (nSPS) is 14.3. The van der Waals surface area contributed by atoms with Crippen molar-refractivity contribution in [1.82, 2.24) is 0 Å². The van der Waals surface area contributed by atoms with E-state index in [1.54, 1.807) is 0 Å². The van der Waals surface area contributed by atoms with Crippen molar-refractivity contribution in [3.05, 3.63) is 200 Å². The first-order valence-electron chi connectivity index (χ1n) is 17.0. The van der Waals surface area contributed by atoms with Gasteiger partial charge in [0.05, 0.1) is 0 Å². The second-order valence-electron chi connectivity index (χ2n) is 12.3. The van der Waals surface area contributed by atoms with Crippen LogP contribution in [0.25, 0.3) is 61.2 Å². The van der Waals surface area contributed by atoms with E-state index in [-0.39, 0.29) is 0 Å². The minimum atomic E-state index is 1.05. The molecule has 2 aliphatic carbocycles. The van der Waals surface area contributed by atoms with Crippen LogP contribution in [0.3, 0.4) is 0 Å². The van der Waals surface area contributed by atoms with Gasteiger partial charge in [0.15, 0.2) is 0 Å². The van der Waals surface area contributed by atoms with Crippen molar-refractivity contribution < 1.29 is 0 Å². The zero-order valence-corrected chi connectivity index (χ0v) is 27.4. The molecule has 5 aromatic rings. The number of hydrogen-bond acceptors (Lipinski definition) is 0. The van der Waals surface area contributed by atoms with E-state index in [2.05, 4.69) is 171 Å². The van der Waals surface area contributed by atoms with E-state index in [4.69, 9.17) is 0 Å². The van der Waals surface area contributed by atoms with E-state index >= 15 is 0 Å². The highest BCUT2D eigenvalue weighted by Gasteiger charge is 2.21. The molecule has 0 fully saturated rings. The van der Waals surface area contributed by atoms with E-state index in [9.17, 15) is 0 Å². The molecule has 0 amide bonds. The van der Waals surface area contributed by atoms with Gasteiger partial charge in [0.1, 0.15) is 0 Å². The quantitative estimate of drug-likeness (QED) is 0.145. The molecule has 48 heavy (non-hydrogen) atoms. The van der Waals surface area contributed by atoms with Crippen molar-refractivity contribution in [2.45, 2.75) is 25.7 Å². The standard InChI is InChI=1S/C48H40/c1-3-18-35(4-2)46-42(36-19-9-5-10-20-36)27-17-28-43(46)39-29-31-41(32-30-39)48-45(38-23-13-7-14-24-38)34-33-44(37-21-11-6-12-22-37)47(48)40-25-15-8-16-26-40/h3-4,6,8-9,11-13,15-34H,1-2,5,7,10,14H2/b35-18+. The van der Waals surface area contributed by atoms with Crippen LogP contribution in [0.5, 0.6) is 0 Å². The van der Waals surface area contributed by atoms with Gasteiger partial charge in [0.2, 0.25) is 0 Å². The molecule has 0 aliphatic heterocycles.